The lowest BCUT2D eigenvalue weighted by molar-refractivity contribution is -0.127. The van der Waals surface area contributed by atoms with Gasteiger partial charge in [0.15, 0.2) is 11.5 Å². The fourth-order valence-electron chi connectivity index (χ4n) is 4.53. The summed E-state index contributed by atoms with van der Waals surface area (Å²) >= 11 is 6.11. The van der Waals surface area contributed by atoms with Crippen molar-refractivity contribution >= 4 is 23.6 Å². The quantitative estimate of drug-likeness (QED) is 0.228. The van der Waals surface area contributed by atoms with Crippen LogP contribution in [0.2, 0.25) is 5.02 Å². The van der Waals surface area contributed by atoms with Gasteiger partial charge >= 0.3 is 0 Å². The molecule has 3 aromatic rings. The van der Waals surface area contributed by atoms with Gasteiger partial charge in [-0.3, -0.25) is 9.69 Å². The second kappa shape index (κ2) is 12.3. The Hall–Kier alpha value is -3.32. The number of aromatic hydroxyl groups is 2. The van der Waals surface area contributed by atoms with Crippen molar-refractivity contribution in [3.63, 3.8) is 0 Å². The molecule has 7 heteroatoms. The van der Waals surface area contributed by atoms with Gasteiger partial charge in [-0.15, -0.1) is 0 Å². The summed E-state index contributed by atoms with van der Waals surface area (Å²) in [4.78, 5) is 16.8. The zero-order chi connectivity index (χ0) is 26.3. The van der Waals surface area contributed by atoms with Gasteiger partial charge in [0.05, 0.1) is 0 Å². The van der Waals surface area contributed by atoms with Crippen LogP contribution in [0, 0.1) is 0 Å². The van der Waals surface area contributed by atoms with E-state index < -0.39 is 5.60 Å². The molecule has 1 heterocycles. The maximum absolute atomic E-state index is 12.6. The molecule has 1 amide bonds. The molecule has 0 radical (unpaired) electrons. The molecule has 0 aromatic heterocycles. The first kappa shape index (κ1) is 26.7. The van der Waals surface area contributed by atoms with Gasteiger partial charge in [-0.1, -0.05) is 60.1 Å². The van der Waals surface area contributed by atoms with Gasteiger partial charge < -0.3 is 19.8 Å². The number of hydrogen-bond donors (Lipinski definition) is 2. The van der Waals surface area contributed by atoms with Gasteiger partial charge in [0.25, 0.3) is 0 Å². The summed E-state index contributed by atoms with van der Waals surface area (Å²) in [5.41, 5.74) is 2.24. The topological polar surface area (TPSA) is 73.2 Å². The van der Waals surface area contributed by atoms with Gasteiger partial charge in [-0.05, 0) is 60.4 Å². The number of rotatable bonds is 9. The lowest BCUT2D eigenvalue weighted by Crippen LogP contribution is -2.48. The maximum Gasteiger partial charge on any atom is 0.246 e. The fraction of sp³-hybridized carbons (Fsp3) is 0.300. The largest absolute Gasteiger partial charge is 0.504 e. The minimum Gasteiger partial charge on any atom is -0.504 e. The molecule has 2 N–H and O–H groups in total. The van der Waals surface area contributed by atoms with E-state index in [1.807, 2.05) is 47.4 Å². The zero-order valence-corrected chi connectivity index (χ0v) is 21.8. The first-order valence-electron chi connectivity index (χ1n) is 12.5. The number of phenolic OH excluding ortho intramolecular Hbond substituents is 2. The molecule has 1 fully saturated rings. The summed E-state index contributed by atoms with van der Waals surface area (Å²) < 4.78 is 6.50. The molecular weight excluding hydrogens is 488 g/mol. The number of benzene rings is 3. The molecule has 3 aromatic carbocycles. The predicted molar refractivity (Wildman–Crippen MR) is 147 cm³/mol. The Bertz CT molecular complexity index is 1210. The molecule has 0 saturated carbocycles. The molecule has 37 heavy (non-hydrogen) atoms. The van der Waals surface area contributed by atoms with E-state index in [1.54, 1.807) is 12.1 Å². The number of hydrogen-bond acceptors (Lipinski definition) is 5. The molecule has 1 saturated heterocycles. The molecule has 0 bridgehead atoms. The molecule has 0 spiro atoms. The molecule has 4 rings (SSSR count). The Kier molecular flexibility index (Phi) is 8.87. The second-order valence-corrected chi connectivity index (χ2v) is 9.79. The van der Waals surface area contributed by atoms with Crippen LogP contribution < -0.4 is 0 Å². The smallest absolute Gasteiger partial charge is 0.246 e. The lowest BCUT2D eigenvalue weighted by atomic mass is 9.88. The van der Waals surface area contributed by atoms with Gasteiger partial charge in [0.1, 0.15) is 5.60 Å². The van der Waals surface area contributed by atoms with Crippen LogP contribution >= 0.6 is 11.6 Å². The Balaban J connectivity index is 1.25. The first-order valence-corrected chi connectivity index (χ1v) is 12.9. The third kappa shape index (κ3) is 6.92. The van der Waals surface area contributed by atoms with E-state index in [-0.39, 0.29) is 17.4 Å². The van der Waals surface area contributed by atoms with Gasteiger partial charge in [-0.2, -0.15) is 0 Å². The summed E-state index contributed by atoms with van der Waals surface area (Å²) in [5, 5.41) is 19.7. The van der Waals surface area contributed by atoms with Crippen molar-refractivity contribution in [3.05, 3.63) is 101 Å². The monoisotopic (exact) mass is 520 g/mol. The number of ether oxygens (including phenoxy) is 1. The average Bonchev–Trinajstić information content (AvgIpc) is 2.92. The number of carbonyl (C=O) groups excluding carboxylic acids is 1. The highest BCUT2D eigenvalue weighted by molar-refractivity contribution is 6.30. The summed E-state index contributed by atoms with van der Waals surface area (Å²) in [5.74, 6) is -0.443. The summed E-state index contributed by atoms with van der Waals surface area (Å²) in [6.07, 6.45) is 4.04. The number of phenols is 2. The third-order valence-corrected chi connectivity index (χ3v) is 7.08. The summed E-state index contributed by atoms with van der Waals surface area (Å²) in [6, 6.07) is 22.5. The van der Waals surface area contributed by atoms with Crippen LogP contribution in [-0.4, -0.2) is 65.3 Å². The van der Waals surface area contributed by atoms with Crippen LogP contribution in [0.4, 0.5) is 0 Å². The van der Waals surface area contributed by atoms with E-state index in [0.29, 0.717) is 30.3 Å². The molecule has 1 atom stereocenters. The average molecular weight is 521 g/mol. The maximum atomic E-state index is 12.6. The van der Waals surface area contributed by atoms with Crippen LogP contribution in [0.5, 0.6) is 11.5 Å². The molecule has 194 valence electrons. The molecular formula is C30H33ClN2O4. The minimum atomic E-state index is -0.572. The zero-order valence-electron chi connectivity index (χ0n) is 21.0. The van der Waals surface area contributed by atoms with Crippen molar-refractivity contribution in [2.24, 2.45) is 0 Å². The van der Waals surface area contributed by atoms with Crippen LogP contribution in [0.15, 0.2) is 78.9 Å². The second-order valence-electron chi connectivity index (χ2n) is 9.36. The summed E-state index contributed by atoms with van der Waals surface area (Å²) in [7, 11) is 0. The Labute approximate surface area is 223 Å². The van der Waals surface area contributed by atoms with E-state index in [0.717, 1.165) is 37.2 Å². The highest BCUT2D eigenvalue weighted by Gasteiger charge is 2.30. The Morgan fingerprint density at radius 3 is 2.30 bits per heavy atom. The summed E-state index contributed by atoms with van der Waals surface area (Å²) in [6.45, 7) is 6.56. The van der Waals surface area contributed by atoms with E-state index in [9.17, 15) is 15.0 Å². The number of carbonyl (C=O) groups is 1. The van der Waals surface area contributed by atoms with Crippen molar-refractivity contribution in [1.82, 2.24) is 9.80 Å². The molecule has 1 unspecified atom stereocenters. The van der Waals surface area contributed by atoms with E-state index in [1.165, 1.54) is 18.2 Å². The van der Waals surface area contributed by atoms with Crippen molar-refractivity contribution in [2.75, 3.05) is 39.3 Å². The molecule has 1 aliphatic heterocycles. The number of amides is 1. The predicted octanol–water partition coefficient (Wildman–Crippen LogP) is 5.28. The lowest BCUT2D eigenvalue weighted by Gasteiger charge is -2.35. The van der Waals surface area contributed by atoms with Crippen LogP contribution in [0.3, 0.4) is 0 Å². The highest BCUT2D eigenvalue weighted by Crippen LogP contribution is 2.34. The number of halogens is 1. The number of piperazine rings is 1. The molecule has 0 aliphatic carbocycles. The van der Waals surface area contributed by atoms with Gasteiger partial charge in [0, 0.05) is 50.4 Å². The highest BCUT2D eigenvalue weighted by atomic mass is 35.5. The SMILES string of the molecule is CC(OCCCN1CCN(C(=O)C=Cc2ccc(O)c(O)c2)CC1)(c1ccccc1)c1ccc(Cl)cc1. The van der Waals surface area contributed by atoms with E-state index in [2.05, 4.69) is 24.0 Å². The van der Waals surface area contributed by atoms with Crippen molar-refractivity contribution in [3.8, 4) is 11.5 Å². The minimum absolute atomic E-state index is 0.0582. The van der Waals surface area contributed by atoms with Crippen LogP contribution in [0.25, 0.3) is 6.08 Å². The Morgan fingerprint density at radius 1 is 0.946 bits per heavy atom. The van der Waals surface area contributed by atoms with E-state index >= 15 is 0 Å². The van der Waals surface area contributed by atoms with Crippen LogP contribution in [0.1, 0.15) is 30.0 Å². The van der Waals surface area contributed by atoms with Crippen molar-refractivity contribution < 1.29 is 19.7 Å². The van der Waals surface area contributed by atoms with Crippen molar-refractivity contribution in [1.29, 1.82) is 0 Å². The van der Waals surface area contributed by atoms with Gasteiger partial charge in [-0.25, -0.2) is 0 Å². The van der Waals surface area contributed by atoms with Crippen molar-refractivity contribution in [2.45, 2.75) is 18.9 Å². The number of nitrogens with zero attached hydrogens (tertiary/aromatic N) is 2. The van der Waals surface area contributed by atoms with Crippen LogP contribution in [-0.2, 0) is 15.1 Å². The molecule has 1 aliphatic rings. The first-order chi connectivity index (χ1) is 17.8. The normalized spacial score (nSPS) is 16.1. The third-order valence-electron chi connectivity index (χ3n) is 6.83. The molecule has 6 nitrogen and oxygen atoms in total. The van der Waals surface area contributed by atoms with E-state index in [4.69, 9.17) is 16.3 Å². The Morgan fingerprint density at radius 2 is 1.62 bits per heavy atom. The van der Waals surface area contributed by atoms with Gasteiger partial charge in [0.2, 0.25) is 5.91 Å². The fourth-order valence-corrected chi connectivity index (χ4v) is 4.66. The standard InChI is InChI=1S/C30H33ClN2O4/c1-30(24-6-3-2-4-7-24,25-10-12-26(31)13-11-25)37-21-5-16-32-17-19-33(20-18-32)29(36)15-9-23-8-14-27(34)28(35)22-23/h2-4,6-15,22,34-35H,5,16-21H2,1H3.